The molecule has 4 aliphatic heterocycles. The molecule has 4 heterocycles. The molecule has 0 bridgehead atoms. The summed E-state index contributed by atoms with van der Waals surface area (Å²) in [6, 6.07) is 49.1. The molecule has 4 atom stereocenters. The molecule has 2 fully saturated rings. The van der Waals surface area contributed by atoms with Crippen LogP contribution >= 0.6 is 0 Å². The van der Waals surface area contributed by atoms with Gasteiger partial charge in [-0.15, -0.1) is 0 Å². The molecule has 0 aromatic heterocycles. The Morgan fingerprint density at radius 2 is 1.07 bits per heavy atom. The highest BCUT2D eigenvalue weighted by Gasteiger charge is 2.65. The number of para-hydroxylation sites is 1. The molecular weight excluding hydrogens is 810 g/mol. The largest absolute Gasteiger partial charge is 0.335 e. The fourth-order valence-electron chi connectivity index (χ4n) is 14.9. The fraction of sp³-hybridized carbons (Fsp3) is 0.429. The molecule has 0 radical (unpaired) electrons. The van der Waals surface area contributed by atoms with Crippen molar-refractivity contribution in [2.24, 2.45) is 0 Å². The van der Waals surface area contributed by atoms with E-state index in [9.17, 15) is 0 Å². The van der Waals surface area contributed by atoms with Crippen molar-refractivity contribution in [1.29, 1.82) is 0 Å². The number of anilines is 7. The Morgan fingerprint density at radius 1 is 0.448 bits per heavy atom. The lowest BCUT2D eigenvalue weighted by molar-refractivity contribution is 0.194. The van der Waals surface area contributed by atoms with Crippen LogP contribution in [0.15, 0.2) is 121 Å². The lowest BCUT2D eigenvalue weighted by Gasteiger charge is -2.54. The van der Waals surface area contributed by atoms with Crippen LogP contribution in [-0.4, -0.2) is 17.8 Å². The number of hydrogen-bond donors (Lipinski definition) is 0. The van der Waals surface area contributed by atoms with E-state index in [0.717, 1.165) is 12.8 Å². The van der Waals surface area contributed by atoms with Crippen molar-refractivity contribution in [3.63, 3.8) is 0 Å². The third kappa shape index (κ3) is 5.65. The molecule has 2 aliphatic carbocycles. The molecule has 4 unspecified atom stereocenters. The summed E-state index contributed by atoms with van der Waals surface area (Å²) < 4.78 is 0. The van der Waals surface area contributed by atoms with Crippen molar-refractivity contribution in [3.8, 4) is 0 Å². The quantitative estimate of drug-likeness (QED) is 0.164. The summed E-state index contributed by atoms with van der Waals surface area (Å²) in [5.41, 5.74) is 22.1. The average molecular weight is 882 g/mol. The predicted octanol–water partition coefficient (Wildman–Crippen LogP) is 14.7. The summed E-state index contributed by atoms with van der Waals surface area (Å²) in [7, 11) is 0. The zero-order valence-corrected chi connectivity index (χ0v) is 42.6. The van der Waals surface area contributed by atoms with Crippen molar-refractivity contribution >= 4 is 62.9 Å². The molecule has 6 aromatic rings. The number of hydrogen-bond acceptors (Lipinski definition) is 3. The third-order valence-electron chi connectivity index (χ3n) is 18.7. The van der Waals surface area contributed by atoms with Crippen LogP contribution in [0.1, 0.15) is 168 Å². The number of nitrogens with zero attached hydrogens (tertiary/aromatic N) is 3. The van der Waals surface area contributed by atoms with Crippen LogP contribution in [0.5, 0.6) is 0 Å². The first kappa shape index (κ1) is 43.1. The molecule has 4 heteroatoms. The Bertz CT molecular complexity index is 3020. The van der Waals surface area contributed by atoms with E-state index in [4.69, 9.17) is 0 Å². The van der Waals surface area contributed by atoms with Crippen molar-refractivity contribution < 1.29 is 0 Å². The van der Waals surface area contributed by atoms with Gasteiger partial charge in [0.1, 0.15) is 0 Å². The van der Waals surface area contributed by atoms with Gasteiger partial charge >= 0.3 is 0 Å². The zero-order chi connectivity index (χ0) is 46.8. The van der Waals surface area contributed by atoms with Gasteiger partial charge in [0, 0.05) is 50.6 Å². The maximum absolute atomic E-state index is 2.95. The maximum atomic E-state index is 2.95. The molecular formula is C63H72BN3. The minimum atomic E-state index is -0.177. The van der Waals surface area contributed by atoms with Gasteiger partial charge in [0.25, 0.3) is 6.71 Å². The SMILES string of the molecule is CC(C)(C)c1cccc(N2c3cc(C(C)(C)C)ccc3B3c4cccc5c4N(c4cc(N6c7ccc(C(C)(C)C)cc7C7(C)CCCCC67C)cc2c43)C2(C)CCCCC52c2ccccc2)c1. The van der Waals surface area contributed by atoms with Crippen molar-refractivity contribution in [3.05, 3.63) is 155 Å². The van der Waals surface area contributed by atoms with E-state index >= 15 is 0 Å². The fourth-order valence-corrected chi connectivity index (χ4v) is 14.9. The first-order valence-corrected chi connectivity index (χ1v) is 25.9. The molecule has 6 aliphatic rings. The molecule has 67 heavy (non-hydrogen) atoms. The Kier molecular flexibility index (Phi) is 8.97. The second kappa shape index (κ2) is 14.0. The summed E-state index contributed by atoms with van der Waals surface area (Å²) in [4.78, 5) is 8.53. The van der Waals surface area contributed by atoms with E-state index < -0.39 is 0 Å². The lowest BCUT2D eigenvalue weighted by atomic mass is 9.33. The zero-order valence-electron chi connectivity index (χ0n) is 42.6. The van der Waals surface area contributed by atoms with Crippen molar-refractivity contribution in [2.75, 3.05) is 14.7 Å². The van der Waals surface area contributed by atoms with Gasteiger partial charge in [-0.05, 0) is 142 Å². The maximum Gasteiger partial charge on any atom is 0.252 e. The van der Waals surface area contributed by atoms with Gasteiger partial charge in [0.05, 0.1) is 11.1 Å². The molecule has 6 aromatic carbocycles. The second-order valence-corrected chi connectivity index (χ2v) is 25.5. The topological polar surface area (TPSA) is 9.72 Å². The second-order valence-electron chi connectivity index (χ2n) is 25.5. The smallest absolute Gasteiger partial charge is 0.252 e. The minimum absolute atomic E-state index is 0.00185. The molecule has 0 N–H and O–H groups in total. The number of fused-ring (bicyclic) bond motifs is 10. The third-order valence-corrected chi connectivity index (χ3v) is 18.7. The van der Waals surface area contributed by atoms with Gasteiger partial charge in [0.2, 0.25) is 0 Å². The van der Waals surface area contributed by atoms with Crippen molar-refractivity contribution in [2.45, 2.75) is 173 Å². The Labute approximate surface area is 403 Å². The Hall–Kier alpha value is -5.22. The number of benzene rings is 6. The summed E-state index contributed by atoms with van der Waals surface area (Å²) in [5, 5.41) is 0. The van der Waals surface area contributed by atoms with E-state index in [-0.39, 0.29) is 44.9 Å². The van der Waals surface area contributed by atoms with Gasteiger partial charge in [-0.25, -0.2) is 0 Å². The molecule has 0 saturated heterocycles. The van der Waals surface area contributed by atoms with Gasteiger partial charge in [0.15, 0.2) is 0 Å². The van der Waals surface area contributed by atoms with E-state index in [1.54, 1.807) is 0 Å². The first-order valence-electron chi connectivity index (χ1n) is 25.9. The van der Waals surface area contributed by atoms with Gasteiger partial charge in [-0.1, -0.05) is 180 Å². The van der Waals surface area contributed by atoms with E-state index in [1.165, 1.54) is 128 Å². The summed E-state index contributed by atoms with van der Waals surface area (Å²) >= 11 is 0. The summed E-state index contributed by atoms with van der Waals surface area (Å²) in [6.45, 7) is 29.3. The molecule has 2 saturated carbocycles. The highest BCUT2D eigenvalue weighted by atomic mass is 15.3. The highest BCUT2D eigenvalue weighted by Crippen LogP contribution is 2.66. The lowest BCUT2D eigenvalue weighted by Crippen LogP contribution is -2.65. The van der Waals surface area contributed by atoms with Gasteiger partial charge in [-0.2, -0.15) is 0 Å². The van der Waals surface area contributed by atoms with Gasteiger partial charge in [-0.3, -0.25) is 0 Å². The normalized spacial score (nSPS) is 25.9. The predicted molar refractivity (Wildman–Crippen MR) is 287 cm³/mol. The Morgan fingerprint density at radius 3 is 1.81 bits per heavy atom. The Balaban J connectivity index is 1.22. The minimum Gasteiger partial charge on any atom is -0.335 e. The van der Waals surface area contributed by atoms with E-state index in [1.807, 2.05) is 0 Å². The van der Waals surface area contributed by atoms with Crippen LogP contribution in [0.2, 0.25) is 0 Å². The van der Waals surface area contributed by atoms with Crippen LogP contribution < -0.4 is 31.1 Å². The van der Waals surface area contributed by atoms with Crippen LogP contribution in [0, 0.1) is 0 Å². The first-order chi connectivity index (χ1) is 31.7. The van der Waals surface area contributed by atoms with Crippen LogP contribution in [0.3, 0.4) is 0 Å². The summed E-state index contributed by atoms with van der Waals surface area (Å²) in [6.07, 6.45) is 9.64. The highest BCUT2D eigenvalue weighted by molar-refractivity contribution is 7.00. The van der Waals surface area contributed by atoms with Crippen molar-refractivity contribution in [1.82, 2.24) is 0 Å². The number of rotatable bonds is 3. The molecule has 0 amide bonds. The standard InChI is InChI=1S/C63H72BN3/c1-57(2,3)42-24-20-25-45(36-42)65-52-38-44(59(7,8)9)28-30-49(52)64-50-27-21-26-47-56(50)67(62(12)34-18-19-35-63(47,62)41-22-14-13-15-23-41)54-40-46(39-53(65)55(54)64)66-51-31-29-43(58(4,5)6)37-48(51)60(10)32-16-17-33-61(60,66)11/h13-15,20-31,36-40H,16-19,32-35H2,1-12H3. The molecule has 12 rings (SSSR count). The molecule has 342 valence electrons. The average Bonchev–Trinajstić information content (AvgIpc) is 3.66. The van der Waals surface area contributed by atoms with Crippen LogP contribution in [-0.2, 0) is 27.1 Å². The molecule has 3 nitrogen and oxygen atoms in total. The van der Waals surface area contributed by atoms with Gasteiger partial charge < -0.3 is 14.7 Å². The monoisotopic (exact) mass is 882 g/mol. The van der Waals surface area contributed by atoms with Crippen LogP contribution in [0.25, 0.3) is 0 Å². The molecule has 0 spiro atoms. The van der Waals surface area contributed by atoms with E-state index in [0.29, 0.717) is 0 Å². The van der Waals surface area contributed by atoms with E-state index in [2.05, 4.69) is 219 Å². The van der Waals surface area contributed by atoms with Crippen LogP contribution in [0.4, 0.5) is 39.8 Å². The summed E-state index contributed by atoms with van der Waals surface area (Å²) in [5.74, 6) is 0.